The van der Waals surface area contributed by atoms with E-state index in [0.29, 0.717) is 13.2 Å². The molecule has 0 unspecified atom stereocenters. The molecule has 0 bridgehead atoms. The van der Waals surface area contributed by atoms with Gasteiger partial charge in [0.2, 0.25) is 0 Å². The van der Waals surface area contributed by atoms with Crippen LogP contribution in [0.3, 0.4) is 0 Å². The van der Waals surface area contributed by atoms with Crippen LogP contribution in [-0.4, -0.2) is 13.2 Å². The highest BCUT2D eigenvalue weighted by Gasteiger charge is 2.17. The average molecular weight is 245 g/mol. The van der Waals surface area contributed by atoms with Crippen LogP contribution < -0.4 is 0 Å². The Morgan fingerprint density at radius 2 is 2.00 bits per heavy atom. The summed E-state index contributed by atoms with van der Waals surface area (Å²) in [7, 11) is 0. The Morgan fingerprint density at radius 1 is 1.15 bits per heavy atom. The lowest BCUT2D eigenvalue weighted by molar-refractivity contribution is 0.0882. The van der Waals surface area contributed by atoms with E-state index in [1.54, 1.807) is 6.26 Å². The zero-order valence-corrected chi connectivity index (χ0v) is 9.10. The maximum atomic E-state index is 5.54. The summed E-state index contributed by atoms with van der Waals surface area (Å²) in [6, 6.07) is 0. The SMILES string of the molecule is BrC1=C(C2=COCCO2)CCCC1. The quantitative estimate of drug-likeness (QED) is 0.706. The third-order valence-corrected chi connectivity index (χ3v) is 3.22. The molecule has 1 aliphatic carbocycles. The molecule has 1 heterocycles. The third kappa shape index (κ3) is 2.08. The summed E-state index contributed by atoms with van der Waals surface area (Å²) >= 11 is 3.59. The van der Waals surface area contributed by atoms with Crippen LogP contribution in [0.2, 0.25) is 0 Å². The second kappa shape index (κ2) is 4.18. The molecular formula is C10H13BrO2. The summed E-state index contributed by atoms with van der Waals surface area (Å²) in [6.45, 7) is 1.35. The first kappa shape index (κ1) is 9.13. The van der Waals surface area contributed by atoms with Crippen LogP contribution in [0.25, 0.3) is 0 Å². The van der Waals surface area contributed by atoms with Gasteiger partial charge in [-0.3, -0.25) is 0 Å². The van der Waals surface area contributed by atoms with Crippen molar-refractivity contribution in [3.63, 3.8) is 0 Å². The van der Waals surface area contributed by atoms with E-state index >= 15 is 0 Å². The molecule has 2 aliphatic rings. The van der Waals surface area contributed by atoms with Gasteiger partial charge in [-0.05, 0) is 25.7 Å². The van der Waals surface area contributed by atoms with E-state index in [9.17, 15) is 0 Å². The fourth-order valence-corrected chi connectivity index (χ4v) is 2.33. The van der Waals surface area contributed by atoms with Crippen molar-refractivity contribution in [3.05, 3.63) is 22.1 Å². The monoisotopic (exact) mass is 244 g/mol. The van der Waals surface area contributed by atoms with E-state index in [1.807, 2.05) is 0 Å². The molecule has 0 saturated carbocycles. The molecule has 0 amide bonds. The number of rotatable bonds is 1. The lowest BCUT2D eigenvalue weighted by atomic mass is 9.98. The van der Waals surface area contributed by atoms with Crippen molar-refractivity contribution in [3.8, 4) is 0 Å². The molecule has 0 aromatic carbocycles. The van der Waals surface area contributed by atoms with Gasteiger partial charge in [0, 0.05) is 10.1 Å². The third-order valence-electron chi connectivity index (χ3n) is 2.35. The molecule has 2 rings (SSSR count). The molecule has 0 aromatic heterocycles. The van der Waals surface area contributed by atoms with Gasteiger partial charge in [-0.1, -0.05) is 15.9 Å². The fraction of sp³-hybridized carbons (Fsp3) is 0.600. The van der Waals surface area contributed by atoms with Crippen molar-refractivity contribution >= 4 is 15.9 Å². The summed E-state index contributed by atoms with van der Waals surface area (Å²) in [6.07, 6.45) is 6.51. The number of hydrogen-bond donors (Lipinski definition) is 0. The second-order valence-corrected chi connectivity index (χ2v) is 4.25. The normalized spacial score (nSPS) is 23.3. The summed E-state index contributed by atoms with van der Waals surface area (Å²) in [5.74, 6) is 0.929. The molecule has 0 fully saturated rings. The van der Waals surface area contributed by atoms with Crippen molar-refractivity contribution in [2.75, 3.05) is 13.2 Å². The summed E-state index contributed by atoms with van der Waals surface area (Å²) < 4.78 is 12.1. The molecule has 3 heteroatoms. The minimum Gasteiger partial charge on any atom is -0.494 e. The highest BCUT2D eigenvalue weighted by Crippen LogP contribution is 2.34. The van der Waals surface area contributed by atoms with E-state index in [0.717, 1.165) is 18.6 Å². The van der Waals surface area contributed by atoms with Gasteiger partial charge in [-0.2, -0.15) is 0 Å². The molecule has 0 aromatic rings. The lowest BCUT2D eigenvalue weighted by Gasteiger charge is -2.22. The van der Waals surface area contributed by atoms with Crippen LogP contribution in [0.5, 0.6) is 0 Å². The van der Waals surface area contributed by atoms with E-state index in [4.69, 9.17) is 9.47 Å². The van der Waals surface area contributed by atoms with Crippen LogP contribution in [-0.2, 0) is 9.47 Å². The smallest absolute Gasteiger partial charge is 0.157 e. The van der Waals surface area contributed by atoms with Crippen molar-refractivity contribution in [2.45, 2.75) is 25.7 Å². The van der Waals surface area contributed by atoms with Gasteiger partial charge in [0.1, 0.15) is 19.5 Å². The van der Waals surface area contributed by atoms with E-state index in [1.165, 1.54) is 22.9 Å². The summed E-state index contributed by atoms with van der Waals surface area (Å²) in [4.78, 5) is 0. The van der Waals surface area contributed by atoms with E-state index < -0.39 is 0 Å². The van der Waals surface area contributed by atoms with Gasteiger partial charge in [0.15, 0.2) is 5.76 Å². The van der Waals surface area contributed by atoms with Crippen molar-refractivity contribution in [1.82, 2.24) is 0 Å². The minimum absolute atomic E-state index is 0.675. The standard InChI is InChI=1S/C10H13BrO2/c11-9-4-2-1-3-8(9)10-7-12-5-6-13-10/h7H,1-6H2. The Kier molecular flexibility index (Phi) is 2.94. The summed E-state index contributed by atoms with van der Waals surface area (Å²) in [5.41, 5.74) is 1.30. The first-order valence-corrected chi connectivity index (χ1v) is 5.49. The van der Waals surface area contributed by atoms with Crippen molar-refractivity contribution < 1.29 is 9.47 Å². The summed E-state index contributed by atoms with van der Waals surface area (Å²) in [5, 5.41) is 0. The molecule has 72 valence electrons. The average Bonchev–Trinajstić information content (AvgIpc) is 2.20. The van der Waals surface area contributed by atoms with Gasteiger partial charge in [0.25, 0.3) is 0 Å². The number of halogens is 1. The van der Waals surface area contributed by atoms with Crippen LogP contribution in [0.1, 0.15) is 25.7 Å². The maximum Gasteiger partial charge on any atom is 0.157 e. The van der Waals surface area contributed by atoms with Crippen LogP contribution in [0, 0.1) is 0 Å². The molecule has 0 spiro atoms. The van der Waals surface area contributed by atoms with Gasteiger partial charge in [-0.25, -0.2) is 0 Å². The minimum atomic E-state index is 0.675. The Bertz CT molecular complexity index is 256. The number of allylic oxidation sites excluding steroid dienone is 2. The van der Waals surface area contributed by atoms with Crippen LogP contribution in [0.15, 0.2) is 22.1 Å². The molecule has 13 heavy (non-hydrogen) atoms. The predicted molar refractivity (Wildman–Crippen MR) is 54.4 cm³/mol. The van der Waals surface area contributed by atoms with E-state index in [-0.39, 0.29) is 0 Å². The molecule has 1 aliphatic heterocycles. The Balaban J connectivity index is 2.17. The van der Waals surface area contributed by atoms with Crippen LogP contribution in [0.4, 0.5) is 0 Å². The first-order valence-electron chi connectivity index (χ1n) is 4.70. The van der Waals surface area contributed by atoms with Crippen molar-refractivity contribution in [2.24, 2.45) is 0 Å². The molecule has 0 saturated heterocycles. The highest BCUT2D eigenvalue weighted by atomic mass is 79.9. The Labute approximate surface area is 86.7 Å². The van der Waals surface area contributed by atoms with Gasteiger partial charge in [-0.15, -0.1) is 0 Å². The van der Waals surface area contributed by atoms with Gasteiger partial charge in [0.05, 0.1) is 0 Å². The Morgan fingerprint density at radius 3 is 2.69 bits per heavy atom. The zero-order chi connectivity index (χ0) is 9.10. The Hall–Kier alpha value is -0.440. The molecular weight excluding hydrogens is 232 g/mol. The molecule has 0 atom stereocenters. The number of ether oxygens (including phenoxy) is 2. The predicted octanol–water partition coefficient (Wildman–Crippen LogP) is 3.10. The van der Waals surface area contributed by atoms with E-state index in [2.05, 4.69) is 15.9 Å². The molecule has 0 N–H and O–H groups in total. The van der Waals surface area contributed by atoms with Crippen molar-refractivity contribution in [1.29, 1.82) is 0 Å². The maximum absolute atomic E-state index is 5.54. The van der Waals surface area contributed by atoms with Crippen LogP contribution >= 0.6 is 15.9 Å². The number of hydrogen-bond acceptors (Lipinski definition) is 2. The molecule has 2 nitrogen and oxygen atoms in total. The molecule has 0 radical (unpaired) electrons. The highest BCUT2D eigenvalue weighted by molar-refractivity contribution is 9.11. The van der Waals surface area contributed by atoms with Gasteiger partial charge < -0.3 is 9.47 Å². The fourth-order valence-electron chi connectivity index (χ4n) is 1.65. The second-order valence-electron chi connectivity index (χ2n) is 3.29. The largest absolute Gasteiger partial charge is 0.494 e. The zero-order valence-electron chi connectivity index (χ0n) is 7.51. The topological polar surface area (TPSA) is 18.5 Å². The lowest BCUT2D eigenvalue weighted by Crippen LogP contribution is -2.11. The first-order chi connectivity index (χ1) is 6.38. The van der Waals surface area contributed by atoms with Gasteiger partial charge >= 0.3 is 0 Å².